The molecule has 0 aromatic heterocycles. The standard InChI is InChI=1S/2C8H8.C8H16/c2*1-2-8-6-4-3-5-7-8;1-3-5-7-8-6-4-2/h2*2-7H,1H2;3H,1,4-8H2,2H3. The highest BCUT2D eigenvalue weighted by Gasteiger charge is 1.81. The van der Waals surface area contributed by atoms with E-state index >= 15 is 0 Å². The number of unbranched alkanes of at least 4 members (excludes halogenated alkanes) is 4. The summed E-state index contributed by atoms with van der Waals surface area (Å²) in [6.45, 7) is 13.2. The molecule has 2 aromatic rings. The molecule has 0 aliphatic rings. The molecule has 2 aromatic carbocycles. The van der Waals surface area contributed by atoms with E-state index in [0.717, 1.165) is 0 Å². The molecule has 0 heterocycles. The average molecular weight is 321 g/mol. The maximum absolute atomic E-state index is 3.66. The van der Waals surface area contributed by atoms with Gasteiger partial charge in [-0.05, 0) is 24.0 Å². The molecule has 128 valence electrons. The lowest BCUT2D eigenvalue weighted by atomic mass is 10.2. The van der Waals surface area contributed by atoms with Gasteiger partial charge in [-0.15, -0.1) is 6.58 Å². The van der Waals surface area contributed by atoms with E-state index in [9.17, 15) is 0 Å². The largest absolute Gasteiger partial charge is 0.103 e. The second kappa shape index (κ2) is 17.0. The summed E-state index contributed by atoms with van der Waals surface area (Å²) >= 11 is 0. The van der Waals surface area contributed by atoms with Gasteiger partial charge in [0.15, 0.2) is 0 Å². The summed E-state index contributed by atoms with van der Waals surface area (Å²) in [6, 6.07) is 20.1. The van der Waals surface area contributed by atoms with Crippen molar-refractivity contribution < 1.29 is 0 Å². The Morgan fingerprint density at radius 2 is 1.12 bits per heavy atom. The van der Waals surface area contributed by atoms with Gasteiger partial charge in [-0.1, -0.05) is 118 Å². The molecule has 0 N–H and O–H groups in total. The first-order valence-corrected chi connectivity index (χ1v) is 8.74. The molecular weight excluding hydrogens is 288 g/mol. The molecule has 0 amide bonds. The molecule has 0 spiro atoms. The fourth-order valence-electron chi connectivity index (χ4n) is 1.89. The molecule has 0 fully saturated rings. The predicted molar refractivity (Wildman–Crippen MR) is 112 cm³/mol. The number of hydrogen-bond acceptors (Lipinski definition) is 0. The van der Waals surface area contributed by atoms with Crippen LogP contribution in [-0.4, -0.2) is 0 Å². The zero-order valence-corrected chi connectivity index (χ0v) is 15.2. The van der Waals surface area contributed by atoms with Crippen molar-refractivity contribution in [3.8, 4) is 0 Å². The summed E-state index contributed by atoms with van der Waals surface area (Å²) in [6.07, 6.45) is 12.3. The lowest BCUT2D eigenvalue weighted by molar-refractivity contribution is 0.675. The minimum atomic E-state index is 1.17. The zero-order chi connectivity index (χ0) is 17.9. The minimum absolute atomic E-state index is 1.17. The van der Waals surface area contributed by atoms with E-state index in [0.29, 0.717) is 0 Å². The third kappa shape index (κ3) is 13.3. The fourth-order valence-corrected chi connectivity index (χ4v) is 1.89. The molecule has 0 nitrogen and oxygen atoms in total. The molecule has 0 unspecified atom stereocenters. The Morgan fingerprint density at radius 3 is 1.42 bits per heavy atom. The summed E-state index contributed by atoms with van der Waals surface area (Å²) in [5, 5.41) is 0. The van der Waals surface area contributed by atoms with Crippen molar-refractivity contribution in [2.75, 3.05) is 0 Å². The number of benzene rings is 2. The Bertz CT molecular complexity index is 479. The molecule has 0 aliphatic carbocycles. The van der Waals surface area contributed by atoms with Crippen molar-refractivity contribution in [2.45, 2.75) is 39.0 Å². The fraction of sp³-hybridized carbons (Fsp3) is 0.250. The highest BCUT2D eigenvalue weighted by molar-refractivity contribution is 5.46. The van der Waals surface area contributed by atoms with Gasteiger partial charge in [0.1, 0.15) is 0 Å². The van der Waals surface area contributed by atoms with E-state index < -0.39 is 0 Å². The van der Waals surface area contributed by atoms with Gasteiger partial charge in [-0.3, -0.25) is 0 Å². The maximum atomic E-state index is 3.66. The van der Waals surface area contributed by atoms with Crippen LogP contribution >= 0.6 is 0 Å². The summed E-state index contributed by atoms with van der Waals surface area (Å²) in [5.74, 6) is 0. The Balaban J connectivity index is 0.000000331. The first kappa shape index (κ1) is 21.7. The highest BCUT2D eigenvalue weighted by Crippen LogP contribution is 2.01. The average Bonchev–Trinajstić information content (AvgIpc) is 2.67. The van der Waals surface area contributed by atoms with Crippen LogP contribution in [0.2, 0.25) is 0 Å². The van der Waals surface area contributed by atoms with Gasteiger partial charge in [0.2, 0.25) is 0 Å². The zero-order valence-electron chi connectivity index (χ0n) is 15.2. The lowest BCUT2D eigenvalue weighted by Crippen LogP contribution is -1.71. The van der Waals surface area contributed by atoms with Crippen LogP contribution in [-0.2, 0) is 0 Å². The third-order valence-corrected chi connectivity index (χ3v) is 3.33. The van der Waals surface area contributed by atoms with Crippen LogP contribution in [0, 0.1) is 0 Å². The molecule has 0 saturated carbocycles. The Kier molecular flexibility index (Phi) is 15.4. The van der Waals surface area contributed by atoms with Gasteiger partial charge in [-0.25, -0.2) is 0 Å². The topological polar surface area (TPSA) is 0 Å². The van der Waals surface area contributed by atoms with Crippen LogP contribution in [0.4, 0.5) is 0 Å². The van der Waals surface area contributed by atoms with Crippen LogP contribution in [0.3, 0.4) is 0 Å². The van der Waals surface area contributed by atoms with E-state index in [1.165, 1.54) is 43.2 Å². The molecule has 0 atom stereocenters. The van der Waals surface area contributed by atoms with Crippen LogP contribution < -0.4 is 0 Å². The van der Waals surface area contributed by atoms with Gasteiger partial charge < -0.3 is 0 Å². The summed E-state index contributed by atoms with van der Waals surface area (Å²) in [5.41, 5.74) is 2.35. The monoisotopic (exact) mass is 320 g/mol. The third-order valence-electron chi connectivity index (χ3n) is 3.33. The van der Waals surface area contributed by atoms with Crippen LogP contribution in [0.5, 0.6) is 0 Å². The summed E-state index contributed by atoms with van der Waals surface area (Å²) in [7, 11) is 0. The Labute approximate surface area is 149 Å². The smallest absolute Gasteiger partial charge is 0.0263 e. The van der Waals surface area contributed by atoms with Crippen molar-refractivity contribution in [1.82, 2.24) is 0 Å². The van der Waals surface area contributed by atoms with Crippen LogP contribution in [0.15, 0.2) is 86.5 Å². The van der Waals surface area contributed by atoms with E-state index in [4.69, 9.17) is 0 Å². The molecule has 0 radical (unpaired) electrons. The Hall–Kier alpha value is -2.34. The second-order valence-electron chi connectivity index (χ2n) is 5.37. The lowest BCUT2D eigenvalue weighted by Gasteiger charge is -1.91. The van der Waals surface area contributed by atoms with Crippen molar-refractivity contribution >= 4 is 12.2 Å². The maximum Gasteiger partial charge on any atom is -0.0263 e. The highest BCUT2D eigenvalue weighted by atomic mass is 13.9. The van der Waals surface area contributed by atoms with Crippen molar-refractivity contribution in [2.24, 2.45) is 0 Å². The molecule has 24 heavy (non-hydrogen) atoms. The molecule has 0 saturated heterocycles. The summed E-state index contributed by atoms with van der Waals surface area (Å²) < 4.78 is 0. The van der Waals surface area contributed by atoms with E-state index in [-0.39, 0.29) is 0 Å². The van der Waals surface area contributed by atoms with Gasteiger partial charge in [0.25, 0.3) is 0 Å². The van der Waals surface area contributed by atoms with Crippen LogP contribution in [0.1, 0.15) is 50.2 Å². The normalized spacial score (nSPS) is 8.71. The summed E-state index contributed by atoms with van der Waals surface area (Å²) in [4.78, 5) is 0. The number of allylic oxidation sites excluding steroid dienone is 1. The number of rotatable bonds is 7. The molecular formula is C24H32. The van der Waals surface area contributed by atoms with Crippen molar-refractivity contribution in [1.29, 1.82) is 0 Å². The van der Waals surface area contributed by atoms with Crippen molar-refractivity contribution in [3.63, 3.8) is 0 Å². The molecule has 0 heteroatoms. The Morgan fingerprint density at radius 1 is 0.667 bits per heavy atom. The van der Waals surface area contributed by atoms with E-state index in [1.54, 1.807) is 0 Å². The van der Waals surface area contributed by atoms with E-state index in [1.807, 2.05) is 78.9 Å². The van der Waals surface area contributed by atoms with Crippen molar-refractivity contribution in [3.05, 3.63) is 97.6 Å². The van der Waals surface area contributed by atoms with E-state index in [2.05, 4.69) is 26.7 Å². The minimum Gasteiger partial charge on any atom is -0.103 e. The molecule has 0 bridgehead atoms. The SMILES string of the molecule is C=CCCCCCC.C=Cc1ccccc1.C=Cc1ccccc1. The van der Waals surface area contributed by atoms with Gasteiger partial charge in [0, 0.05) is 0 Å². The van der Waals surface area contributed by atoms with Gasteiger partial charge in [0.05, 0.1) is 0 Å². The van der Waals surface area contributed by atoms with Crippen LogP contribution in [0.25, 0.3) is 12.2 Å². The predicted octanol–water partition coefficient (Wildman–Crippen LogP) is 7.80. The molecule has 2 rings (SSSR count). The first-order valence-electron chi connectivity index (χ1n) is 8.74. The molecule has 0 aliphatic heterocycles. The van der Waals surface area contributed by atoms with Gasteiger partial charge in [-0.2, -0.15) is 0 Å². The quantitative estimate of drug-likeness (QED) is 0.360. The second-order valence-corrected chi connectivity index (χ2v) is 5.37. The first-order chi connectivity index (χ1) is 11.8. The van der Waals surface area contributed by atoms with Gasteiger partial charge >= 0.3 is 0 Å². The number of hydrogen-bond donors (Lipinski definition) is 0.